The maximum absolute atomic E-state index is 13.3. The third-order valence-corrected chi connectivity index (χ3v) is 6.45. The lowest BCUT2D eigenvalue weighted by molar-refractivity contribution is -0.321. The summed E-state index contributed by atoms with van der Waals surface area (Å²) in [6, 6.07) is 5.78. The molecule has 3 N–H and O–H groups in total. The van der Waals surface area contributed by atoms with Gasteiger partial charge in [-0.3, -0.25) is 23.9 Å². The summed E-state index contributed by atoms with van der Waals surface area (Å²) in [5, 5.41) is 15.7. The number of Topliss-reactive ketones (excluding diaryl/α,β-unsaturated/α-hetero) is 1. The average molecular weight is 514 g/mol. The molecule has 2 fully saturated rings. The van der Waals surface area contributed by atoms with E-state index in [4.69, 9.17) is 0 Å². The fourth-order valence-electron chi connectivity index (χ4n) is 4.53. The number of alkyl halides is 3. The van der Waals surface area contributed by atoms with E-state index in [0.717, 1.165) is 6.42 Å². The van der Waals surface area contributed by atoms with Crippen LogP contribution >= 0.6 is 0 Å². The van der Waals surface area contributed by atoms with Crippen molar-refractivity contribution in [2.24, 2.45) is 5.92 Å². The summed E-state index contributed by atoms with van der Waals surface area (Å²) in [5.41, 5.74) is 0.357. The molecule has 0 bridgehead atoms. The number of aliphatic hydroxyl groups excluding tert-OH is 1. The van der Waals surface area contributed by atoms with Gasteiger partial charge in [0.15, 0.2) is 11.9 Å². The molecule has 0 aromatic heterocycles. The minimum absolute atomic E-state index is 0.190. The molecule has 3 rings (SSSR count). The van der Waals surface area contributed by atoms with Gasteiger partial charge in [-0.05, 0) is 31.2 Å². The molecule has 0 radical (unpaired) electrons. The van der Waals surface area contributed by atoms with Crippen LogP contribution in [-0.4, -0.2) is 71.7 Å². The largest absolute Gasteiger partial charge is 0.522 e. The van der Waals surface area contributed by atoms with Gasteiger partial charge in [-0.15, -0.1) is 13.2 Å². The summed E-state index contributed by atoms with van der Waals surface area (Å²) in [5.74, 6) is -3.44. The Morgan fingerprint density at radius 3 is 2.50 bits per heavy atom. The number of hydrogen-bond donors (Lipinski definition) is 3. The summed E-state index contributed by atoms with van der Waals surface area (Å²) in [7, 11) is 0. The molecule has 0 saturated carbocycles. The molecule has 198 valence electrons. The number of halogens is 3. The van der Waals surface area contributed by atoms with Crippen molar-refractivity contribution in [3.63, 3.8) is 0 Å². The zero-order chi connectivity index (χ0) is 26.3. The minimum Gasteiger partial charge on any atom is -0.378 e. The number of rotatable bonds is 9. The number of nitrogens with one attached hydrogen (secondary N) is 2. The first-order chi connectivity index (χ1) is 17.1. The number of likely N-dealkylation sites (tertiary alicyclic amines) is 1. The van der Waals surface area contributed by atoms with Crippen LogP contribution < -0.4 is 10.6 Å². The van der Waals surface area contributed by atoms with E-state index in [0.29, 0.717) is 31.4 Å². The fourth-order valence-corrected chi connectivity index (χ4v) is 4.53. The van der Waals surface area contributed by atoms with Gasteiger partial charge in [-0.2, -0.15) is 0 Å². The van der Waals surface area contributed by atoms with Crippen molar-refractivity contribution >= 4 is 23.5 Å². The molecule has 4 atom stereocenters. The Morgan fingerprint density at radius 2 is 1.86 bits per heavy atom. The van der Waals surface area contributed by atoms with Crippen molar-refractivity contribution in [3.8, 4) is 0 Å². The number of hydrogen-bond acceptors (Lipinski definition) is 6. The Hall–Kier alpha value is -2.99. The standard InChI is InChI=1S/C24H30F3N3O6/c25-24(26,27)36-14-19(31)17(13-16-10-11-28-21(16)33)29-22(34)18-9-5-2-6-12-30(18)23(35)20(32)15-7-3-1-4-8-15/h1,3-4,7-8,16-18,20,32H,2,5-6,9-14H2,(H,28,33)(H,29,34)/t16-,17-,18?,20-/m0/s1. The Morgan fingerprint density at radius 1 is 1.14 bits per heavy atom. The summed E-state index contributed by atoms with van der Waals surface area (Å²) < 4.78 is 41.2. The summed E-state index contributed by atoms with van der Waals surface area (Å²) in [6.07, 6.45) is -4.17. The quantitative estimate of drug-likeness (QED) is 0.461. The minimum atomic E-state index is -5.03. The smallest absolute Gasteiger partial charge is 0.378 e. The van der Waals surface area contributed by atoms with Crippen LogP contribution in [-0.2, 0) is 23.9 Å². The predicted octanol–water partition coefficient (Wildman–Crippen LogP) is 1.61. The number of benzene rings is 1. The van der Waals surface area contributed by atoms with Crippen molar-refractivity contribution in [3.05, 3.63) is 35.9 Å². The van der Waals surface area contributed by atoms with E-state index in [-0.39, 0.29) is 25.3 Å². The maximum atomic E-state index is 13.3. The van der Waals surface area contributed by atoms with Crippen LogP contribution in [0.3, 0.4) is 0 Å². The molecule has 2 aliphatic rings. The molecule has 2 saturated heterocycles. The summed E-state index contributed by atoms with van der Waals surface area (Å²) in [6.45, 7) is -0.760. The predicted molar refractivity (Wildman–Crippen MR) is 120 cm³/mol. The molecule has 3 amide bonds. The van der Waals surface area contributed by atoms with Gasteiger partial charge in [-0.25, -0.2) is 0 Å². The van der Waals surface area contributed by atoms with E-state index >= 15 is 0 Å². The van der Waals surface area contributed by atoms with Crippen LogP contribution in [0, 0.1) is 5.92 Å². The van der Waals surface area contributed by atoms with Crippen LogP contribution in [0.2, 0.25) is 0 Å². The monoisotopic (exact) mass is 513 g/mol. The highest BCUT2D eigenvalue weighted by Crippen LogP contribution is 2.24. The normalized spacial score (nSPS) is 22.3. The van der Waals surface area contributed by atoms with Crippen molar-refractivity contribution < 1.29 is 42.2 Å². The molecular weight excluding hydrogens is 483 g/mol. The Balaban J connectivity index is 1.77. The molecule has 36 heavy (non-hydrogen) atoms. The fraction of sp³-hybridized carbons (Fsp3) is 0.583. The van der Waals surface area contributed by atoms with Crippen molar-refractivity contribution in [2.75, 3.05) is 19.7 Å². The number of amides is 3. The SMILES string of the molecule is O=C(N[C@@H](C[C@@H]1CCNC1=O)C(=O)COC(F)(F)F)C1CCCCCN1C(=O)[C@@H](O)c1ccccc1. The number of ketones is 1. The number of carbonyl (C=O) groups excluding carboxylic acids is 4. The van der Waals surface area contributed by atoms with Gasteiger partial charge in [-0.1, -0.05) is 43.2 Å². The van der Waals surface area contributed by atoms with Crippen LogP contribution in [0.4, 0.5) is 13.2 Å². The van der Waals surface area contributed by atoms with Gasteiger partial charge in [0.2, 0.25) is 11.8 Å². The molecule has 1 unspecified atom stereocenters. The van der Waals surface area contributed by atoms with Crippen LogP contribution in [0.5, 0.6) is 0 Å². The van der Waals surface area contributed by atoms with Crippen LogP contribution in [0.1, 0.15) is 50.2 Å². The topological polar surface area (TPSA) is 125 Å². The van der Waals surface area contributed by atoms with Crippen molar-refractivity contribution in [1.82, 2.24) is 15.5 Å². The van der Waals surface area contributed by atoms with Crippen LogP contribution in [0.25, 0.3) is 0 Å². The highest BCUT2D eigenvalue weighted by Gasteiger charge is 2.38. The second-order valence-electron chi connectivity index (χ2n) is 8.98. The average Bonchev–Trinajstić information content (AvgIpc) is 3.10. The first-order valence-corrected chi connectivity index (χ1v) is 11.9. The Kier molecular flexibility index (Phi) is 9.43. The summed E-state index contributed by atoms with van der Waals surface area (Å²) in [4.78, 5) is 52.3. The lowest BCUT2D eigenvalue weighted by Gasteiger charge is -2.32. The Labute approximate surface area is 206 Å². The molecule has 1 aromatic carbocycles. The highest BCUT2D eigenvalue weighted by atomic mass is 19.4. The lowest BCUT2D eigenvalue weighted by atomic mass is 9.95. The van der Waals surface area contributed by atoms with Crippen molar-refractivity contribution in [2.45, 2.75) is 63.1 Å². The van der Waals surface area contributed by atoms with Gasteiger partial charge >= 0.3 is 6.36 Å². The Bertz CT molecular complexity index is 943. The second-order valence-corrected chi connectivity index (χ2v) is 8.98. The van der Waals surface area contributed by atoms with Gasteiger partial charge in [0.05, 0.1) is 6.04 Å². The maximum Gasteiger partial charge on any atom is 0.522 e. The van der Waals surface area contributed by atoms with Gasteiger partial charge in [0.1, 0.15) is 12.6 Å². The molecule has 12 heteroatoms. The second kappa shape index (κ2) is 12.3. The molecule has 9 nitrogen and oxygen atoms in total. The number of aliphatic hydroxyl groups is 1. The number of nitrogens with zero attached hydrogens (tertiary/aromatic N) is 1. The van der Waals surface area contributed by atoms with E-state index in [1.54, 1.807) is 30.3 Å². The third-order valence-electron chi connectivity index (χ3n) is 6.45. The first kappa shape index (κ1) is 27.6. The number of carbonyl (C=O) groups is 4. The number of ether oxygens (including phenoxy) is 1. The van der Waals surface area contributed by atoms with Gasteiger partial charge in [0.25, 0.3) is 5.91 Å². The zero-order valence-corrected chi connectivity index (χ0v) is 19.6. The van der Waals surface area contributed by atoms with Gasteiger partial charge in [0, 0.05) is 19.0 Å². The van der Waals surface area contributed by atoms with Gasteiger partial charge < -0.3 is 20.6 Å². The molecule has 1 aromatic rings. The zero-order valence-electron chi connectivity index (χ0n) is 19.6. The van der Waals surface area contributed by atoms with E-state index in [1.165, 1.54) is 4.90 Å². The van der Waals surface area contributed by atoms with E-state index in [9.17, 15) is 37.5 Å². The third kappa shape index (κ3) is 7.50. The van der Waals surface area contributed by atoms with Crippen LogP contribution in [0.15, 0.2) is 30.3 Å². The molecule has 0 aliphatic carbocycles. The molecule has 0 spiro atoms. The van der Waals surface area contributed by atoms with Crippen molar-refractivity contribution in [1.29, 1.82) is 0 Å². The molecule has 2 aliphatic heterocycles. The molecule has 2 heterocycles. The molecular formula is C24H30F3N3O6. The highest BCUT2D eigenvalue weighted by molar-refractivity contribution is 5.94. The summed E-state index contributed by atoms with van der Waals surface area (Å²) >= 11 is 0. The first-order valence-electron chi connectivity index (χ1n) is 11.9. The van der Waals surface area contributed by atoms with E-state index in [1.807, 2.05) is 0 Å². The van der Waals surface area contributed by atoms with E-state index < -0.39 is 54.7 Å². The lowest BCUT2D eigenvalue weighted by Crippen LogP contribution is -2.54. The van der Waals surface area contributed by atoms with E-state index in [2.05, 4.69) is 15.4 Å².